The number of hydrogen-bond acceptors (Lipinski definition) is 7. The van der Waals surface area contributed by atoms with Crippen molar-refractivity contribution >= 4 is 28.3 Å². The van der Waals surface area contributed by atoms with E-state index in [1.807, 2.05) is 6.07 Å². The van der Waals surface area contributed by atoms with Crippen molar-refractivity contribution in [1.82, 2.24) is 15.0 Å². The molecular weight excluding hydrogens is 307 g/mol. The number of alkyl halides is 1. The van der Waals surface area contributed by atoms with Crippen LogP contribution in [0.1, 0.15) is 12.1 Å². The highest BCUT2D eigenvalue weighted by Crippen LogP contribution is 2.29. The maximum absolute atomic E-state index is 14.8. The third-order valence-electron chi connectivity index (χ3n) is 3.32. The molecule has 1 saturated heterocycles. The molecule has 1 aliphatic heterocycles. The summed E-state index contributed by atoms with van der Waals surface area (Å²) in [4.78, 5) is 25.6. The Kier molecular flexibility index (Phi) is 3.68. The highest BCUT2D eigenvalue weighted by molar-refractivity contribution is 7.13. The van der Waals surface area contributed by atoms with Crippen LogP contribution in [0.5, 0.6) is 0 Å². The van der Waals surface area contributed by atoms with Crippen LogP contribution in [0.25, 0.3) is 0 Å². The molecule has 1 atom stereocenters. The van der Waals surface area contributed by atoms with E-state index in [-0.39, 0.29) is 24.6 Å². The van der Waals surface area contributed by atoms with Crippen LogP contribution in [0, 0.1) is 11.3 Å². The molecule has 1 N–H and O–H groups in total. The zero-order valence-corrected chi connectivity index (χ0v) is 12.2. The molecule has 0 spiro atoms. The standard InChI is InChI=1S/C13H11FN6OS/c14-13(10(21)19-12-17-4-6-22-12)2-5-20(8-13)11-16-3-1-9(7-15)18-11/h1,3-4,6H,2,5,8H2,(H,17,19,21). The van der Waals surface area contributed by atoms with Gasteiger partial charge in [-0.15, -0.1) is 11.3 Å². The summed E-state index contributed by atoms with van der Waals surface area (Å²) in [6, 6.07) is 3.38. The Bertz CT molecular complexity index is 730. The quantitative estimate of drug-likeness (QED) is 0.918. The summed E-state index contributed by atoms with van der Waals surface area (Å²) in [5, 5.41) is 13.4. The van der Waals surface area contributed by atoms with Gasteiger partial charge < -0.3 is 4.90 Å². The Morgan fingerprint density at radius 3 is 3.09 bits per heavy atom. The van der Waals surface area contributed by atoms with Crippen molar-refractivity contribution in [2.24, 2.45) is 0 Å². The molecule has 0 radical (unpaired) electrons. The summed E-state index contributed by atoms with van der Waals surface area (Å²) in [6.07, 6.45) is 3.01. The average Bonchev–Trinajstić information content (AvgIpc) is 3.18. The molecule has 3 heterocycles. The van der Waals surface area contributed by atoms with Crippen molar-refractivity contribution < 1.29 is 9.18 Å². The van der Waals surface area contributed by atoms with Crippen molar-refractivity contribution in [2.45, 2.75) is 12.1 Å². The number of nitrogens with zero attached hydrogens (tertiary/aromatic N) is 5. The Balaban J connectivity index is 1.72. The Morgan fingerprint density at radius 1 is 1.50 bits per heavy atom. The smallest absolute Gasteiger partial charge is 0.265 e. The van der Waals surface area contributed by atoms with Gasteiger partial charge in [0, 0.05) is 30.7 Å². The van der Waals surface area contributed by atoms with Crippen molar-refractivity contribution in [3.63, 3.8) is 0 Å². The number of nitrogens with one attached hydrogen (secondary N) is 1. The van der Waals surface area contributed by atoms with Gasteiger partial charge in [0.25, 0.3) is 5.91 Å². The second-order valence-corrected chi connectivity index (χ2v) is 5.68. The van der Waals surface area contributed by atoms with Crippen molar-refractivity contribution in [3.05, 3.63) is 29.5 Å². The number of thiazole rings is 1. The molecule has 22 heavy (non-hydrogen) atoms. The van der Waals surface area contributed by atoms with Gasteiger partial charge in [-0.3, -0.25) is 10.1 Å². The van der Waals surface area contributed by atoms with Gasteiger partial charge in [0.05, 0.1) is 6.54 Å². The minimum atomic E-state index is -2.03. The maximum Gasteiger partial charge on any atom is 0.265 e. The third kappa shape index (κ3) is 2.73. The van der Waals surface area contributed by atoms with Crippen LogP contribution >= 0.6 is 11.3 Å². The number of nitriles is 1. The summed E-state index contributed by atoms with van der Waals surface area (Å²) < 4.78 is 14.8. The minimum Gasteiger partial charge on any atom is -0.337 e. The highest BCUT2D eigenvalue weighted by Gasteiger charge is 2.46. The molecule has 1 aliphatic rings. The molecular formula is C13H11FN6OS. The average molecular weight is 318 g/mol. The third-order valence-corrected chi connectivity index (χ3v) is 4.01. The molecule has 2 aromatic heterocycles. The van der Waals surface area contributed by atoms with Crippen LogP contribution in [-0.4, -0.2) is 39.6 Å². The SMILES string of the molecule is N#Cc1ccnc(N2CCC(F)(C(=O)Nc3nccs3)C2)n1. The number of amides is 1. The van der Waals surface area contributed by atoms with Gasteiger partial charge in [0.15, 0.2) is 5.13 Å². The van der Waals surface area contributed by atoms with Crippen molar-refractivity contribution in [1.29, 1.82) is 5.26 Å². The predicted molar refractivity (Wildman–Crippen MR) is 78.2 cm³/mol. The molecule has 0 aromatic carbocycles. The van der Waals surface area contributed by atoms with Gasteiger partial charge in [-0.2, -0.15) is 5.26 Å². The summed E-state index contributed by atoms with van der Waals surface area (Å²) >= 11 is 1.23. The molecule has 0 bridgehead atoms. The summed E-state index contributed by atoms with van der Waals surface area (Å²) in [5.74, 6) is -0.470. The molecule has 0 aliphatic carbocycles. The molecule has 112 valence electrons. The summed E-state index contributed by atoms with van der Waals surface area (Å²) in [5.41, 5.74) is -1.83. The van der Waals surface area contributed by atoms with E-state index < -0.39 is 11.6 Å². The van der Waals surface area contributed by atoms with Crippen molar-refractivity contribution in [2.75, 3.05) is 23.3 Å². The Labute approximate surface area is 129 Å². The molecule has 9 heteroatoms. The van der Waals surface area contributed by atoms with E-state index in [1.54, 1.807) is 10.3 Å². The van der Waals surface area contributed by atoms with Gasteiger partial charge in [-0.05, 0) is 6.07 Å². The van der Waals surface area contributed by atoms with Crippen LogP contribution in [-0.2, 0) is 4.79 Å². The topological polar surface area (TPSA) is 94.8 Å². The number of carbonyl (C=O) groups is 1. The van der Waals surface area contributed by atoms with Crippen molar-refractivity contribution in [3.8, 4) is 6.07 Å². The molecule has 3 rings (SSSR count). The molecule has 1 unspecified atom stereocenters. The first-order valence-electron chi connectivity index (χ1n) is 6.49. The van der Waals surface area contributed by atoms with E-state index in [1.165, 1.54) is 29.8 Å². The second-order valence-electron chi connectivity index (χ2n) is 4.78. The summed E-state index contributed by atoms with van der Waals surface area (Å²) in [7, 11) is 0. The van der Waals surface area contributed by atoms with Gasteiger partial charge in [-0.1, -0.05) is 0 Å². The fourth-order valence-corrected chi connectivity index (χ4v) is 2.71. The Morgan fingerprint density at radius 2 is 2.36 bits per heavy atom. The predicted octanol–water partition coefficient (Wildman–Crippen LogP) is 1.36. The van der Waals surface area contributed by atoms with Crippen LogP contribution < -0.4 is 10.2 Å². The molecule has 2 aromatic rings. The lowest BCUT2D eigenvalue weighted by Gasteiger charge is -2.19. The fourth-order valence-electron chi connectivity index (χ4n) is 2.19. The maximum atomic E-state index is 14.8. The van der Waals surface area contributed by atoms with Crippen LogP contribution in [0.4, 0.5) is 15.5 Å². The lowest BCUT2D eigenvalue weighted by Crippen LogP contribution is -2.41. The first-order chi connectivity index (χ1) is 10.6. The highest BCUT2D eigenvalue weighted by atomic mass is 32.1. The zero-order valence-electron chi connectivity index (χ0n) is 11.4. The number of carbonyl (C=O) groups excluding carboxylic acids is 1. The van der Waals surface area contributed by atoms with Crippen LogP contribution in [0.3, 0.4) is 0 Å². The van der Waals surface area contributed by atoms with E-state index in [0.29, 0.717) is 11.7 Å². The number of hydrogen-bond donors (Lipinski definition) is 1. The lowest BCUT2D eigenvalue weighted by molar-refractivity contribution is -0.126. The normalized spacial score (nSPS) is 20.6. The van der Waals surface area contributed by atoms with E-state index in [9.17, 15) is 9.18 Å². The monoisotopic (exact) mass is 318 g/mol. The molecule has 0 saturated carbocycles. The van der Waals surface area contributed by atoms with E-state index in [2.05, 4.69) is 20.3 Å². The molecule has 1 fully saturated rings. The van der Waals surface area contributed by atoms with Gasteiger partial charge in [0.1, 0.15) is 11.8 Å². The van der Waals surface area contributed by atoms with Crippen LogP contribution in [0.2, 0.25) is 0 Å². The van der Waals surface area contributed by atoms with E-state index in [0.717, 1.165) is 0 Å². The van der Waals surface area contributed by atoms with E-state index >= 15 is 0 Å². The lowest BCUT2D eigenvalue weighted by atomic mass is 10.1. The number of rotatable bonds is 3. The first-order valence-corrected chi connectivity index (χ1v) is 7.37. The number of aromatic nitrogens is 3. The van der Waals surface area contributed by atoms with Crippen LogP contribution in [0.15, 0.2) is 23.8 Å². The number of anilines is 2. The fraction of sp³-hybridized carbons (Fsp3) is 0.308. The van der Waals surface area contributed by atoms with E-state index in [4.69, 9.17) is 5.26 Å². The minimum absolute atomic E-state index is 0.0321. The van der Waals surface area contributed by atoms with Gasteiger partial charge in [-0.25, -0.2) is 19.3 Å². The van der Waals surface area contributed by atoms with Gasteiger partial charge >= 0.3 is 0 Å². The number of halogens is 1. The molecule has 1 amide bonds. The Hall–Kier alpha value is -2.60. The zero-order chi connectivity index (χ0) is 15.6. The van der Waals surface area contributed by atoms with Gasteiger partial charge in [0.2, 0.25) is 11.6 Å². The largest absolute Gasteiger partial charge is 0.337 e. The first kappa shape index (κ1) is 14.3. The summed E-state index contributed by atoms with van der Waals surface area (Å²) in [6.45, 7) is 0.149. The molecule has 7 nitrogen and oxygen atoms in total. The second kappa shape index (κ2) is 5.65.